The lowest BCUT2D eigenvalue weighted by Crippen LogP contribution is -2.45. The van der Waals surface area contributed by atoms with E-state index in [1.165, 1.54) is 51.9 Å². The Bertz CT molecular complexity index is 1660. The summed E-state index contributed by atoms with van der Waals surface area (Å²) in [5.74, 6) is 0.487. The molecule has 3 aliphatic rings. The van der Waals surface area contributed by atoms with Crippen LogP contribution < -0.4 is 10.2 Å². The van der Waals surface area contributed by atoms with Gasteiger partial charge in [-0.25, -0.2) is 22.6 Å². The fourth-order valence-corrected chi connectivity index (χ4v) is 8.20. The van der Waals surface area contributed by atoms with Crippen LogP contribution in [0.1, 0.15) is 60.9 Å². The van der Waals surface area contributed by atoms with Crippen LogP contribution in [0.2, 0.25) is 0 Å². The molecule has 3 aromatic rings. The van der Waals surface area contributed by atoms with Crippen LogP contribution in [0, 0.1) is 12.7 Å². The molecule has 4 heterocycles. The zero-order chi connectivity index (χ0) is 32.8. The van der Waals surface area contributed by atoms with Gasteiger partial charge in [-0.15, -0.1) is 0 Å². The first-order valence-electron chi connectivity index (χ1n) is 15.6. The monoisotopic (exact) mass is 662 g/mol. The second-order valence-corrected chi connectivity index (χ2v) is 14.5. The number of alkyl halides is 3. The Morgan fingerprint density at radius 1 is 1.02 bits per heavy atom. The first kappa shape index (κ1) is 32.5. The lowest BCUT2D eigenvalue weighted by Gasteiger charge is -2.41. The molecule has 2 saturated heterocycles. The molecular formula is C32H38F4N6O3S. The maximum atomic E-state index is 13.7. The average Bonchev–Trinajstić information content (AvgIpc) is 3.44. The maximum Gasteiger partial charge on any atom is 0.416 e. The van der Waals surface area contributed by atoms with Gasteiger partial charge in [0.2, 0.25) is 10.0 Å². The van der Waals surface area contributed by atoms with Crippen LogP contribution in [-0.2, 0) is 29.2 Å². The van der Waals surface area contributed by atoms with E-state index in [-0.39, 0.29) is 5.69 Å². The van der Waals surface area contributed by atoms with E-state index in [4.69, 9.17) is 4.98 Å². The lowest BCUT2D eigenvalue weighted by atomic mass is 9.96. The largest absolute Gasteiger partial charge is 0.416 e. The molecule has 0 radical (unpaired) electrons. The third kappa shape index (κ3) is 6.79. The molecule has 0 aliphatic carbocycles. The number of aryl methyl sites for hydroxylation is 1. The summed E-state index contributed by atoms with van der Waals surface area (Å²) >= 11 is 0. The molecule has 0 saturated carbocycles. The van der Waals surface area contributed by atoms with Gasteiger partial charge in [-0.3, -0.25) is 9.80 Å². The number of rotatable bonds is 8. The summed E-state index contributed by atoms with van der Waals surface area (Å²) in [5.41, 5.74) is 1.90. The zero-order valence-corrected chi connectivity index (χ0v) is 26.6. The number of anilines is 2. The van der Waals surface area contributed by atoms with Gasteiger partial charge in [0, 0.05) is 61.2 Å². The summed E-state index contributed by atoms with van der Waals surface area (Å²) in [6, 6.07) is 10.4. The van der Waals surface area contributed by atoms with E-state index < -0.39 is 33.6 Å². The van der Waals surface area contributed by atoms with E-state index in [0.29, 0.717) is 56.3 Å². The lowest BCUT2D eigenvalue weighted by molar-refractivity contribution is -0.137. The minimum absolute atomic E-state index is 0.228. The van der Waals surface area contributed by atoms with Crippen molar-refractivity contribution in [3.05, 3.63) is 77.1 Å². The van der Waals surface area contributed by atoms with Crippen molar-refractivity contribution in [3.8, 4) is 0 Å². The number of benzene rings is 2. The Labute approximate surface area is 266 Å². The van der Waals surface area contributed by atoms with E-state index in [1.54, 1.807) is 0 Å². The molecule has 2 unspecified atom stereocenters. The summed E-state index contributed by atoms with van der Waals surface area (Å²) in [7, 11) is -3.28. The molecule has 3 aliphatic heterocycles. The van der Waals surface area contributed by atoms with Crippen LogP contribution in [0.15, 0.2) is 48.5 Å². The van der Waals surface area contributed by atoms with Gasteiger partial charge >= 0.3 is 12.2 Å². The van der Waals surface area contributed by atoms with Gasteiger partial charge in [0.05, 0.1) is 24.1 Å². The fourth-order valence-electron chi connectivity index (χ4n) is 7.42. The van der Waals surface area contributed by atoms with Crippen molar-refractivity contribution in [1.82, 2.24) is 18.8 Å². The van der Waals surface area contributed by atoms with E-state index in [0.717, 1.165) is 61.6 Å². The molecule has 1 aromatic heterocycles. The van der Waals surface area contributed by atoms with Crippen molar-refractivity contribution < 1.29 is 30.8 Å². The first-order chi connectivity index (χ1) is 21.8. The number of carbonyl (C=O) groups is 1. The number of nitrogens with zero attached hydrogens (tertiary/aromatic N) is 5. The molecule has 3 atom stereocenters. The molecule has 14 heteroatoms. The number of amides is 2. The van der Waals surface area contributed by atoms with Crippen LogP contribution in [-0.4, -0.2) is 71.2 Å². The highest BCUT2D eigenvalue weighted by molar-refractivity contribution is 7.88. The molecule has 1 N–H and O–H groups in total. The van der Waals surface area contributed by atoms with Gasteiger partial charge in [0.1, 0.15) is 11.6 Å². The quantitative estimate of drug-likeness (QED) is 0.301. The third-order valence-electron chi connectivity index (χ3n) is 9.53. The summed E-state index contributed by atoms with van der Waals surface area (Å²) in [6.45, 7) is 3.86. The highest BCUT2D eigenvalue weighted by Gasteiger charge is 2.42. The Morgan fingerprint density at radius 2 is 1.67 bits per heavy atom. The Hall–Kier alpha value is -3.49. The Kier molecular flexibility index (Phi) is 8.89. The molecular weight excluding hydrogens is 624 g/mol. The van der Waals surface area contributed by atoms with Crippen LogP contribution >= 0.6 is 0 Å². The molecule has 6 rings (SSSR count). The Morgan fingerprint density at radius 3 is 2.28 bits per heavy atom. The maximum absolute atomic E-state index is 13.7. The number of carbonyl (C=O) groups excluding carboxylic acids is 1. The van der Waals surface area contributed by atoms with Crippen molar-refractivity contribution >= 4 is 27.4 Å². The number of halogens is 4. The predicted molar refractivity (Wildman–Crippen MR) is 167 cm³/mol. The summed E-state index contributed by atoms with van der Waals surface area (Å²) in [5, 5.41) is 2.68. The third-order valence-corrected chi connectivity index (χ3v) is 10.8. The van der Waals surface area contributed by atoms with Gasteiger partial charge in [-0.2, -0.15) is 17.5 Å². The second-order valence-electron chi connectivity index (χ2n) is 12.5. The summed E-state index contributed by atoms with van der Waals surface area (Å²) in [4.78, 5) is 22.1. The van der Waals surface area contributed by atoms with E-state index in [1.807, 2.05) is 6.92 Å². The van der Waals surface area contributed by atoms with Crippen molar-refractivity contribution in [2.45, 2.75) is 76.3 Å². The van der Waals surface area contributed by atoms with Gasteiger partial charge in [-0.1, -0.05) is 0 Å². The van der Waals surface area contributed by atoms with Crippen molar-refractivity contribution in [1.29, 1.82) is 0 Å². The first-order valence-corrected chi connectivity index (χ1v) is 17.4. The minimum atomic E-state index is -4.48. The molecule has 9 nitrogen and oxygen atoms in total. The second kappa shape index (κ2) is 12.6. The van der Waals surface area contributed by atoms with Crippen molar-refractivity contribution in [2.24, 2.45) is 0 Å². The number of piperidine rings is 1. The molecule has 2 bridgehead atoms. The normalized spacial score (nSPS) is 22.1. The van der Waals surface area contributed by atoms with Gasteiger partial charge in [-0.05, 0) is 87.6 Å². The van der Waals surface area contributed by atoms with Crippen molar-refractivity contribution in [2.75, 3.05) is 36.1 Å². The number of sulfonamides is 1. The Balaban J connectivity index is 1.10. The van der Waals surface area contributed by atoms with Crippen LogP contribution in [0.25, 0.3) is 0 Å². The standard InChI is InChI=1S/C32H38F4N6O3S/c1-21-37-29-20-39(46(2,44)45)17-14-30(29)42(21)28-18-26-12-13-27(19-28)40(26)15-3-16-41(25-10-6-23(33)7-11-25)31(43)38-24-8-4-22(5-9-24)32(34,35)36/h4-11,26-28H,3,12-20H2,1-2H3,(H,38,43)/t26-,27?,28?/m0/s1. The molecule has 2 fully saturated rings. The van der Waals surface area contributed by atoms with Gasteiger partial charge in [0.15, 0.2) is 0 Å². The summed E-state index contributed by atoms with van der Waals surface area (Å²) < 4.78 is 80.7. The molecule has 0 spiro atoms. The number of imidazole rings is 1. The average molecular weight is 663 g/mol. The highest BCUT2D eigenvalue weighted by atomic mass is 32.2. The molecule has 2 amide bonds. The summed E-state index contributed by atoms with van der Waals surface area (Å²) in [6.07, 6.45) is 2.14. The number of urea groups is 1. The number of hydrogen-bond donors (Lipinski definition) is 1. The topological polar surface area (TPSA) is 90.8 Å². The number of nitrogens with one attached hydrogen (secondary N) is 1. The van der Waals surface area contributed by atoms with E-state index >= 15 is 0 Å². The van der Waals surface area contributed by atoms with E-state index in [2.05, 4.69) is 14.8 Å². The minimum Gasteiger partial charge on any atom is -0.329 e. The molecule has 2 aromatic carbocycles. The van der Waals surface area contributed by atoms with E-state index in [9.17, 15) is 30.8 Å². The van der Waals surface area contributed by atoms with Crippen molar-refractivity contribution in [3.63, 3.8) is 0 Å². The smallest absolute Gasteiger partial charge is 0.329 e. The number of hydrogen-bond acceptors (Lipinski definition) is 5. The van der Waals surface area contributed by atoms with Crippen LogP contribution in [0.3, 0.4) is 0 Å². The van der Waals surface area contributed by atoms with Gasteiger partial charge in [0.25, 0.3) is 0 Å². The fraction of sp³-hybridized carbons (Fsp3) is 0.500. The molecule has 46 heavy (non-hydrogen) atoms. The predicted octanol–water partition coefficient (Wildman–Crippen LogP) is 5.96. The van der Waals surface area contributed by atoms with Crippen LogP contribution in [0.5, 0.6) is 0 Å². The number of fused-ring (bicyclic) bond motifs is 3. The zero-order valence-electron chi connectivity index (χ0n) is 25.8. The van der Waals surface area contributed by atoms with Crippen LogP contribution in [0.4, 0.5) is 33.7 Å². The van der Waals surface area contributed by atoms with Gasteiger partial charge < -0.3 is 9.88 Å². The SMILES string of the molecule is Cc1nc2c(n1C1CC3CC[C@@H](C1)N3CCCN(C(=O)Nc1ccc(C(F)(F)F)cc1)c1ccc(F)cc1)CCN(S(C)(=O)=O)C2. The molecule has 248 valence electrons. The number of aromatic nitrogens is 2. The highest BCUT2D eigenvalue weighted by Crippen LogP contribution is 2.42.